The summed E-state index contributed by atoms with van der Waals surface area (Å²) in [6.45, 7) is 9.25. The van der Waals surface area contributed by atoms with Crippen molar-refractivity contribution in [3.05, 3.63) is 67.3 Å². The van der Waals surface area contributed by atoms with Crippen LogP contribution in [0.2, 0.25) is 0 Å². The average molecular weight is 526 g/mol. The van der Waals surface area contributed by atoms with Gasteiger partial charge in [0, 0.05) is 6.92 Å². The molecule has 0 aliphatic carbocycles. The van der Waals surface area contributed by atoms with Crippen molar-refractivity contribution in [2.45, 2.75) is 53.5 Å². The third-order valence-electron chi connectivity index (χ3n) is 5.81. The fourth-order valence-corrected chi connectivity index (χ4v) is 6.00. The first-order valence-corrected chi connectivity index (χ1v) is 13.2. The number of aryl methyl sites for hydroxylation is 3. The number of carbonyl (C=O) groups excluding carboxylic acids is 3. The molecule has 1 unspecified atom stereocenters. The predicted octanol–water partition coefficient (Wildman–Crippen LogP) is 5.69. The molecular weight excluding hydrogens is 498 g/mol. The maximum atomic E-state index is 13.7. The number of Topliss-reactive ketones (excluding diaryl/α,β-unsaturated/α-hetero) is 2. The molecule has 1 aliphatic heterocycles. The summed E-state index contributed by atoms with van der Waals surface area (Å²) in [6.07, 6.45) is 1.87. The lowest BCUT2D eigenvalue weighted by atomic mass is 9.95. The lowest BCUT2D eigenvalue weighted by Gasteiger charge is -2.25. The molecule has 1 aromatic carbocycles. The summed E-state index contributed by atoms with van der Waals surface area (Å²) in [5.74, 6) is -1.42. The monoisotopic (exact) mass is 525 g/mol. The number of aromatic nitrogens is 2. The van der Waals surface area contributed by atoms with Gasteiger partial charge in [0.1, 0.15) is 5.75 Å². The number of anilines is 1. The van der Waals surface area contributed by atoms with Gasteiger partial charge in [-0.2, -0.15) is 0 Å². The SMILES string of the molecule is CCCCOc1cccc(C2C(C(=O)c3sc(C)nc3C)=C(O)C(=O)N2c2nc(C)c(C(C)=O)s2)c1. The summed E-state index contributed by atoms with van der Waals surface area (Å²) in [6, 6.07) is 6.19. The number of benzene rings is 1. The van der Waals surface area contributed by atoms with Gasteiger partial charge in [0.05, 0.1) is 44.4 Å². The summed E-state index contributed by atoms with van der Waals surface area (Å²) in [7, 11) is 0. The maximum Gasteiger partial charge on any atom is 0.296 e. The van der Waals surface area contributed by atoms with Crippen LogP contribution in [0.5, 0.6) is 5.75 Å². The van der Waals surface area contributed by atoms with E-state index in [1.165, 1.54) is 23.2 Å². The zero-order chi connectivity index (χ0) is 26.1. The molecule has 0 spiro atoms. The van der Waals surface area contributed by atoms with E-state index >= 15 is 0 Å². The van der Waals surface area contributed by atoms with Crippen LogP contribution in [0.3, 0.4) is 0 Å². The van der Waals surface area contributed by atoms with Gasteiger partial charge < -0.3 is 9.84 Å². The Labute approximate surface area is 217 Å². The molecule has 10 heteroatoms. The van der Waals surface area contributed by atoms with E-state index in [1.807, 2.05) is 6.07 Å². The molecule has 0 saturated heterocycles. The van der Waals surface area contributed by atoms with E-state index in [0.29, 0.717) is 44.1 Å². The first-order chi connectivity index (χ1) is 17.1. The number of aliphatic hydroxyl groups is 1. The minimum Gasteiger partial charge on any atom is -0.503 e. The highest BCUT2D eigenvalue weighted by molar-refractivity contribution is 7.17. The van der Waals surface area contributed by atoms with Gasteiger partial charge in [0.15, 0.2) is 16.7 Å². The number of hydrogen-bond donors (Lipinski definition) is 1. The van der Waals surface area contributed by atoms with E-state index < -0.39 is 23.5 Å². The second-order valence-electron chi connectivity index (χ2n) is 8.56. The number of hydrogen-bond acceptors (Lipinski definition) is 9. The first-order valence-electron chi connectivity index (χ1n) is 11.6. The van der Waals surface area contributed by atoms with Crippen LogP contribution in [0.4, 0.5) is 5.13 Å². The van der Waals surface area contributed by atoms with Crippen molar-refractivity contribution >= 4 is 45.3 Å². The zero-order valence-electron chi connectivity index (χ0n) is 20.7. The van der Waals surface area contributed by atoms with Gasteiger partial charge in [-0.15, -0.1) is 11.3 Å². The molecule has 1 atom stereocenters. The van der Waals surface area contributed by atoms with E-state index in [1.54, 1.807) is 39.0 Å². The molecule has 3 heterocycles. The molecule has 0 radical (unpaired) electrons. The normalized spacial score (nSPS) is 15.6. The molecule has 188 valence electrons. The summed E-state index contributed by atoms with van der Waals surface area (Å²) in [5, 5.41) is 12.0. The Balaban J connectivity index is 1.86. The van der Waals surface area contributed by atoms with Crippen LogP contribution in [0.15, 0.2) is 35.6 Å². The highest BCUT2D eigenvalue weighted by Crippen LogP contribution is 2.45. The van der Waals surface area contributed by atoms with Crippen LogP contribution in [0.25, 0.3) is 0 Å². The van der Waals surface area contributed by atoms with E-state index in [2.05, 4.69) is 16.9 Å². The number of amides is 1. The first kappa shape index (κ1) is 25.7. The number of nitrogens with zero attached hydrogens (tertiary/aromatic N) is 3. The fourth-order valence-electron chi connectivity index (χ4n) is 4.13. The number of aliphatic hydroxyl groups excluding tert-OH is 1. The van der Waals surface area contributed by atoms with Gasteiger partial charge in [-0.25, -0.2) is 9.97 Å². The topological polar surface area (TPSA) is 110 Å². The van der Waals surface area contributed by atoms with Gasteiger partial charge in [-0.3, -0.25) is 19.3 Å². The lowest BCUT2D eigenvalue weighted by Crippen LogP contribution is -2.31. The molecule has 0 fully saturated rings. The van der Waals surface area contributed by atoms with E-state index in [9.17, 15) is 19.5 Å². The highest BCUT2D eigenvalue weighted by atomic mass is 32.1. The third-order valence-corrected chi connectivity index (χ3v) is 8.14. The molecule has 2 aromatic heterocycles. The zero-order valence-corrected chi connectivity index (χ0v) is 22.4. The Hall–Kier alpha value is -3.37. The van der Waals surface area contributed by atoms with Gasteiger partial charge >= 0.3 is 0 Å². The number of rotatable bonds is 9. The van der Waals surface area contributed by atoms with Crippen molar-refractivity contribution in [3.63, 3.8) is 0 Å². The van der Waals surface area contributed by atoms with Crippen molar-refractivity contribution < 1.29 is 24.2 Å². The quantitative estimate of drug-likeness (QED) is 0.282. The number of carbonyl (C=O) groups is 3. The second kappa shape index (κ2) is 10.3. The van der Waals surface area contributed by atoms with Crippen molar-refractivity contribution in [3.8, 4) is 5.75 Å². The summed E-state index contributed by atoms with van der Waals surface area (Å²) in [4.78, 5) is 50.1. The Morgan fingerprint density at radius 3 is 2.44 bits per heavy atom. The number of ketones is 2. The minimum absolute atomic E-state index is 0.0466. The largest absolute Gasteiger partial charge is 0.503 e. The van der Waals surface area contributed by atoms with Crippen LogP contribution in [0, 0.1) is 20.8 Å². The minimum atomic E-state index is -0.952. The molecule has 3 aromatic rings. The van der Waals surface area contributed by atoms with Crippen molar-refractivity contribution in [2.24, 2.45) is 0 Å². The average Bonchev–Trinajstić information content (AvgIpc) is 3.46. The summed E-state index contributed by atoms with van der Waals surface area (Å²) in [5.41, 5.74) is 1.56. The van der Waals surface area contributed by atoms with E-state index in [-0.39, 0.29) is 16.5 Å². The highest BCUT2D eigenvalue weighted by Gasteiger charge is 2.46. The van der Waals surface area contributed by atoms with Crippen LogP contribution in [0.1, 0.15) is 74.0 Å². The van der Waals surface area contributed by atoms with Gasteiger partial charge in [-0.05, 0) is 44.9 Å². The fraction of sp³-hybridized carbons (Fsp3) is 0.346. The molecule has 1 N–H and O–H groups in total. The van der Waals surface area contributed by atoms with Crippen molar-refractivity contribution in [1.29, 1.82) is 0 Å². The van der Waals surface area contributed by atoms with Gasteiger partial charge in [-0.1, -0.05) is 36.8 Å². The van der Waals surface area contributed by atoms with Crippen molar-refractivity contribution in [1.82, 2.24) is 9.97 Å². The molecule has 1 amide bonds. The molecule has 4 rings (SSSR count). The van der Waals surface area contributed by atoms with Crippen LogP contribution < -0.4 is 9.64 Å². The van der Waals surface area contributed by atoms with Crippen LogP contribution in [-0.2, 0) is 4.79 Å². The molecular formula is C26H27N3O5S2. The van der Waals surface area contributed by atoms with E-state index in [4.69, 9.17) is 4.74 Å². The molecule has 0 bridgehead atoms. The molecule has 1 aliphatic rings. The maximum absolute atomic E-state index is 13.7. The smallest absolute Gasteiger partial charge is 0.296 e. The van der Waals surface area contributed by atoms with Crippen LogP contribution >= 0.6 is 22.7 Å². The van der Waals surface area contributed by atoms with Gasteiger partial charge in [0.25, 0.3) is 5.91 Å². The summed E-state index contributed by atoms with van der Waals surface area (Å²) >= 11 is 2.28. The van der Waals surface area contributed by atoms with Crippen LogP contribution in [-0.4, -0.2) is 39.2 Å². The standard InChI is InChI=1S/C26H27N3O5S2/c1-6-7-11-34-18-10-8-9-17(12-18)20-19(21(31)24-14(3)27-16(5)35-24)22(32)25(33)29(20)26-28-13(2)23(36-26)15(4)30/h8-10,12,20,32H,6-7,11H2,1-5H3. The molecule has 8 nitrogen and oxygen atoms in total. The second-order valence-corrected chi connectivity index (χ2v) is 10.7. The number of unbranched alkanes of at least 4 members (excludes halogenated alkanes) is 1. The number of thiazole rings is 2. The summed E-state index contributed by atoms with van der Waals surface area (Å²) < 4.78 is 5.87. The van der Waals surface area contributed by atoms with Gasteiger partial charge in [0.2, 0.25) is 5.78 Å². The number of ether oxygens (including phenoxy) is 1. The molecule has 36 heavy (non-hydrogen) atoms. The third kappa shape index (κ3) is 4.70. The predicted molar refractivity (Wildman–Crippen MR) is 140 cm³/mol. The van der Waals surface area contributed by atoms with Crippen molar-refractivity contribution in [2.75, 3.05) is 11.5 Å². The Kier molecular flexibility index (Phi) is 7.37. The Morgan fingerprint density at radius 2 is 1.83 bits per heavy atom. The Bertz CT molecular complexity index is 1390. The molecule has 0 saturated carbocycles. The van der Waals surface area contributed by atoms with E-state index in [0.717, 1.165) is 24.2 Å². The Morgan fingerprint density at radius 1 is 1.11 bits per heavy atom. The lowest BCUT2D eigenvalue weighted by molar-refractivity contribution is -0.117.